The van der Waals surface area contributed by atoms with Gasteiger partial charge in [-0.05, 0) is 107 Å². The SMILES string of the molecule is CC[Si](CC)(CC)OC(C(=O)O[C@H]1C[C@]2(O)C(C)(C)C(=C1C)[C@@H](O)C(=O)[C@]1(C)C(O[Si](CC)(CC)CC)C[C@H]3OC[C@@]3(OC(C)=O)[C@]13C[C@]32OC(=O)c1ccccc1)[C@H](CC(C)C)NC(=O)OC(C)(C)C. The Morgan fingerprint density at radius 3 is 1.97 bits per heavy atom. The molecular formula is C54H85NO14Si2. The fourth-order valence-electron chi connectivity index (χ4n) is 13.7. The van der Waals surface area contributed by atoms with E-state index < -0.39 is 122 Å². The first kappa shape index (κ1) is 56.8. The number of hydrogen-bond donors (Lipinski definition) is 3. The van der Waals surface area contributed by atoms with Crippen molar-refractivity contribution in [1.82, 2.24) is 5.32 Å². The molecule has 4 fully saturated rings. The molecule has 1 saturated heterocycles. The molecule has 1 amide bonds. The van der Waals surface area contributed by atoms with Gasteiger partial charge in [0.15, 0.2) is 39.7 Å². The van der Waals surface area contributed by atoms with E-state index in [4.69, 9.17) is 32.5 Å². The van der Waals surface area contributed by atoms with E-state index >= 15 is 9.59 Å². The summed E-state index contributed by atoms with van der Waals surface area (Å²) in [6.07, 6.45) is -7.13. The lowest BCUT2D eigenvalue weighted by Gasteiger charge is -2.68. The van der Waals surface area contributed by atoms with Crippen LogP contribution in [0.1, 0.15) is 147 Å². The third kappa shape index (κ3) is 9.00. The molecule has 1 spiro atoms. The smallest absolute Gasteiger partial charge is 0.407 e. The Balaban J connectivity index is 1.62. The van der Waals surface area contributed by atoms with Gasteiger partial charge < -0.3 is 48.1 Å². The maximum Gasteiger partial charge on any atom is 0.407 e. The van der Waals surface area contributed by atoms with Gasteiger partial charge in [0.05, 0.1) is 35.1 Å². The van der Waals surface area contributed by atoms with Gasteiger partial charge in [0, 0.05) is 31.6 Å². The summed E-state index contributed by atoms with van der Waals surface area (Å²) in [4.78, 5) is 73.7. The molecule has 4 aliphatic carbocycles. The lowest BCUT2D eigenvalue weighted by atomic mass is 9.44. The zero-order valence-electron chi connectivity index (χ0n) is 45.5. The molecule has 11 atom stereocenters. The number of aliphatic hydroxyl groups is 2. The minimum atomic E-state index is -2.65. The minimum Gasteiger partial charge on any atom is -0.456 e. The largest absolute Gasteiger partial charge is 0.456 e. The van der Waals surface area contributed by atoms with Crippen LogP contribution in [0.2, 0.25) is 36.3 Å². The Morgan fingerprint density at radius 2 is 1.48 bits per heavy atom. The maximum absolute atomic E-state index is 16.2. The normalized spacial score (nSPS) is 32.9. The van der Waals surface area contributed by atoms with Crippen LogP contribution >= 0.6 is 0 Å². The first-order valence-electron chi connectivity index (χ1n) is 26.3. The number of fused-ring (bicyclic) bond motifs is 4. The molecule has 0 radical (unpaired) electrons. The molecule has 0 aromatic heterocycles. The second kappa shape index (κ2) is 20.0. The molecule has 1 aliphatic heterocycles. The summed E-state index contributed by atoms with van der Waals surface area (Å²) < 4.78 is 46.6. The van der Waals surface area contributed by atoms with Gasteiger partial charge in [-0.25, -0.2) is 14.4 Å². The van der Waals surface area contributed by atoms with Crippen molar-refractivity contribution in [2.75, 3.05) is 6.61 Å². The number of Topliss-reactive ketones (excluding diaryl/α,β-unsaturated/α-hetero) is 1. The lowest BCUT2D eigenvalue weighted by molar-refractivity contribution is -0.348. The summed E-state index contributed by atoms with van der Waals surface area (Å²) in [5.41, 5.74) is -11.2. The van der Waals surface area contributed by atoms with Gasteiger partial charge >= 0.3 is 24.0 Å². The van der Waals surface area contributed by atoms with Gasteiger partial charge in [-0.3, -0.25) is 9.59 Å². The predicted molar refractivity (Wildman–Crippen MR) is 272 cm³/mol. The highest BCUT2D eigenvalue weighted by molar-refractivity contribution is 6.74. The van der Waals surface area contributed by atoms with Crippen molar-refractivity contribution in [2.45, 2.75) is 232 Å². The molecule has 17 heteroatoms. The van der Waals surface area contributed by atoms with Crippen LogP contribution in [-0.2, 0) is 46.9 Å². The topological polar surface area (TPSA) is 202 Å². The third-order valence-electron chi connectivity index (χ3n) is 18.1. The van der Waals surface area contributed by atoms with Crippen molar-refractivity contribution in [3.8, 4) is 0 Å². The first-order valence-corrected chi connectivity index (χ1v) is 31.4. The molecule has 71 heavy (non-hydrogen) atoms. The molecule has 2 unspecified atom stereocenters. The van der Waals surface area contributed by atoms with Crippen molar-refractivity contribution < 1.29 is 66.7 Å². The van der Waals surface area contributed by atoms with Crippen molar-refractivity contribution in [1.29, 1.82) is 0 Å². The van der Waals surface area contributed by atoms with Crippen LogP contribution < -0.4 is 5.32 Å². The van der Waals surface area contributed by atoms with E-state index in [-0.39, 0.29) is 42.9 Å². The zero-order chi connectivity index (χ0) is 53.1. The number of benzene rings is 1. The van der Waals surface area contributed by atoms with E-state index in [1.165, 1.54) is 6.92 Å². The first-order chi connectivity index (χ1) is 33.0. The van der Waals surface area contributed by atoms with Gasteiger partial charge in [0.25, 0.3) is 0 Å². The van der Waals surface area contributed by atoms with E-state index in [0.29, 0.717) is 30.1 Å². The van der Waals surface area contributed by atoms with Gasteiger partial charge in [0.2, 0.25) is 0 Å². The second-order valence-corrected chi connectivity index (χ2v) is 32.8. The number of ketones is 1. The lowest BCUT2D eigenvalue weighted by Crippen LogP contribution is -2.82. The van der Waals surface area contributed by atoms with Crippen molar-refractivity contribution in [2.24, 2.45) is 22.2 Å². The maximum atomic E-state index is 16.2. The number of rotatable bonds is 19. The fraction of sp³-hybridized carbons (Fsp3) is 0.759. The van der Waals surface area contributed by atoms with Crippen LogP contribution in [-0.4, -0.2) is 122 Å². The molecule has 2 bridgehead atoms. The molecule has 1 aromatic rings. The summed E-state index contributed by atoms with van der Waals surface area (Å²) in [6.45, 7) is 29.5. The molecule has 1 heterocycles. The van der Waals surface area contributed by atoms with E-state index in [2.05, 4.69) is 26.1 Å². The number of nitrogens with one attached hydrogen (secondary N) is 1. The zero-order valence-corrected chi connectivity index (χ0v) is 47.5. The molecule has 5 aliphatic rings. The number of carbonyl (C=O) groups excluding carboxylic acids is 5. The number of amides is 1. The van der Waals surface area contributed by atoms with Crippen molar-refractivity contribution in [3.05, 3.63) is 47.0 Å². The minimum absolute atomic E-state index is 0.0194. The van der Waals surface area contributed by atoms with Gasteiger partial charge in [-0.2, -0.15) is 0 Å². The van der Waals surface area contributed by atoms with Crippen LogP contribution in [0.3, 0.4) is 0 Å². The van der Waals surface area contributed by atoms with Crippen molar-refractivity contribution in [3.63, 3.8) is 0 Å². The van der Waals surface area contributed by atoms with Crippen LogP contribution in [0.25, 0.3) is 0 Å². The molecule has 3 saturated carbocycles. The number of hydrogen-bond acceptors (Lipinski definition) is 14. The van der Waals surface area contributed by atoms with Gasteiger partial charge in [-0.15, -0.1) is 0 Å². The van der Waals surface area contributed by atoms with Crippen molar-refractivity contribution >= 4 is 46.4 Å². The van der Waals surface area contributed by atoms with E-state index in [1.54, 1.807) is 78.8 Å². The number of esters is 3. The summed E-state index contributed by atoms with van der Waals surface area (Å²) >= 11 is 0. The average Bonchev–Trinajstić information content (AvgIpc) is 3.99. The summed E-state index contributed by atoms with van der Waals surface area (Å²) in [5.74, 6) is -2.94. The van der Waals surface area contributed by atoms with Crippen LogP contribution in [0.15, 0.2) is 41.5 Å². The molecular weight excluding hydrogens is 943 g/mol. The molecule has 3 N–H and O–H groups in total. The van der Waals surface area contributed by atoms with Crippen LogP contribution in [0, 0.1) is 22.2 Å². The van der Waals surface area contributed by atoms with E-state index in [1.807, 2.05) is 34.6 Å². The second-order valence-electron chi connectivity index (χ2n) is 23.4. The predicted octanol–water partition coefficient (Wildman–Crippen LogP) is 9.14. The standard InChI is InChI=1S/C54H85NO14Si2/c1-17-70(18-2,19-3)68-39-29-40-51(32-63-40,65-35(10)56)52-31-54(52,66-45(59)36-26-24-23-25-27-36)53(62)30-38(34(9)41(49(53,14)15)42(57)44(58)50(39,52)16)64-46(60)43(69-71(20-4,21-5)22-6)37(28-33(7)8)55-47(61)67-48(11,12)13/h23-27,33,37-40,42-43,57,62H,17-22,28-32H2,1-16H3,(H,55,61)/t37-,38-,39?,40+,42+,43?,50-,51-,52-,53-,54-/m0/s1. The number of alkyl carbamates (subject to hydrolysis) is 1. The van der Waals surface area contributed by atoms with Gasteiger partial charge in [0.1, 0.15) is 29.5 Å². The summed E-state index contributed by atoms with van der Waals surface area (Å²) in [6, 6.07) is 11.6. The molecule has 15 nitrogen and oxygen atoms in total. The Bertz CT molecular complexity index is 2200. The quantitative estimate of drug-likeness (QED) is 0.0512. The highest BCUT2D eigenvalue weighted by Crippen LogP contribution is 2.85. The average molecular weight is 1030 g/mol. The van der Waals surface area contributed by atoms with Crippen LogP contribution in [0.4, 0.5) is 4.79 Å². The Kier molecular flexibility index (Phi) is 16.0. The van der Waals surface area contributed by atoms with E-state index in [9.17, 15) is 24.6 Å². The third-order valence-corrected chi connectivity index (χ3v) is 27.4. The summed E-state index contributed by atoms with van der Waals surface area (Å²) in [5, 5.41) is 30.5. The number of ether oxygens (including phenoxy) is 5. The summed E-state index contributed by atoms with van der Waals surface area (Å²) in [7, 11) is -5.24. The fourth-order valence-corrected chi connectivity index (χ4v) is 19.4. The highest BCUT2D eigenvalue weighted by Gasteiger charge is 2.99. The number of carbonyl (C=O) groups is 5. The van der Waals surface area contributed by atoms with Gasteiger partial charge in [-0.1, -0.05) is 87.4 Å². The monoisotopic (exact) mass is 1030 g/mol. The Hall–Kier alpha value is -3.46. The highest BCUT2D eigenvalue weighted by atomic mass is 28.4. The van der Waals surface area contributed by atoms with Crippen LogP contribution in [0.5, 0.6) is 0 Å². The Morgan fingerprint density at radius 1 is 0.901 bits per heavy atom. The number of aliphatic hydroxyl groups excluding tert-OH is 1. The molecule has 398 valence electrons. The molecule has 1 aromatic carbocycles. The molecule has 6 rings (SSSR count). The van der Waals surface area contributed by atoms with E-state index in [0.717, 1.165) is 18.1 Å². The Labute approximate surface area is 424 Å².